The fourth-order valence-electron chi connectivity index (χ4n) is 3.52. The number of carbonyl (C=O) groups is 2. The third-order valence-electron chi connectivity index (χ3n) is 4.81. The lowest BCUT2D eigenvalue weighted by molar-refractivity contribution is -0.139. The second-order valence-electron chi connectivity index (χ2n) is 6.92. The number of rotatable bonds is 5. The molecule has 26 heavy (non-hydrogen) atoms. The molecule has 7 nitrogen and oxygen atoms in total. The number of nitrogens with zero attached hydrogens (tertiary/aromatic N) is 2. The maximum Gasteiger partial charge on any atom is 0.309 e. The molecule has 2 heterocycles. The third-order valence-corrected chi connectivity index (χ3v) is 4.81. The number of aryl methyl sites for hydroxylation is 2. The van der Waals surface area contributed by atoms with Crippen molar-refractivity contribution in [3.05, 3.63) is 41.6 Å². The Balaban J connectivity index is 1.63. The Morgan fingerprint density at radius 1 is 1.27 bits per heavy atom. The highest BCUT2D eigenvalue weighted by Crippen LogP contribution is 2.20. The first kappa shape index (κ1) is 18.2. The fraction of sp³-hybridized carbons (Fsp3) is 0.526. The standard InChI is InChI=1S/C19H26N4O3/c1-13-11-14(2)23(22-13)16(17-9-6-10-26-17)12-20-18(24)19(25)21-15-7-4-3-5-8-15/h6,9-11,15-16H,3-5,7-8,12H2,1-2H3,(H,20,24)(H,21,25). The van der Waals surface area contributed by atoms with Crippen molar-refractivity contribution in [1.29, 1.82) is 0 Å². The molecule has 0 spiro atoms. The van der Waals surface area contributed by atoms with Gasteiger partial charge in [0.1, 0.15) is 11.8 Å². The molecule has 2 aromatic rings. The van der Waals surface area contributed by atoms with Crippen molar-refractivity contribution >= 4 is 11.8 Å². The fourth-order valence-corrected chi connectivity index (χ4v) is 3.52. The molecular weight excluding hydrogens is 332 g/mol. The molecule has 1 fully saturated rings. The monoisotopic (exact) mass is 358 g/mol. The van der Waals surface area contributed by atoms with Crippen molar-refractivity contribution in [3.8, 4) is 0 Å². The van der Waals surface area contributed by atoms with E-state index in [9.17, 15) is 9.59 Å². The van der Waals surface area contributed by atoms with Crippen molar-refractivity contribution < 1.29 is 14.0 Å². The van der Waals surface area contributed by atoms with Crippen LogP contribution in [0.1, 0.15) is 55.3 Å². The van der Waals surface area contributed by atoms with Crippen LogP contribution in [0.25, 0.3) is 0 Å². The Morgan fingerprint density at radius 2 is 2.04 bits per heavy atom. The summed E-state index contributed by atoms with van der Waals surface area (Å²) < 4.78 is 7.33. The van der Waals surface area contributed by atoms with E-state index < -0.39 is 11.8 Å². The molecule has 140 valence electrons. The zero-order chi connectivity index (χ0) is 18.5. The van der Waals surface area contributed by atoms with Gasteiger partial charge in [-0.15, -0.1) is 0 Å². The van der Waals surface area contributed by atoms with Gasteiger partial charge in [0, 0.05) is 18.3 Å². The van der Waals surface area contributed by atoms with Crippen LogP contribution in [0.2, 0.25) is 0 Å². The van der Waals surface area contributed by atoms with E-state index in [0.717, 1.165) is 37.1 Å². The van der Waals surface area contributed by atoms with Crippen LogP contribution in [-0.4, -0.2) is 34.2 Å². The summed E-state index contributed by atoms with van der Waals surface area (Å²) in [6.45, 7) is 4.10. The molecular formula is C19H26N4O3. The van der Waals surface area contributed by atoms with Gasteiger partial charge in [0.05, 0.1) is 12.0 Å². The van der Waals surface area contributed by atoms with Gasteiger partial charge in [-0.1, -0.05) is 19.3 Å². The predicted molar refractivity (Wildman–Crippen MR) is 96.6 cm³/mol. The smallest absolute Gasteiger partial charge is 0.309 e. The van der Waals surface area contributed by atoms with E-state index in [1.54, 1.807) is 12.3 Å². The topological polar surface area (TPSA) is 89.2 Å². The molecule has 1 aliphatic rings. The zero-order valence-corrected chi connectivity index (χ0v) is 15.3. The SMILES string of the molecule is Cc1cc(C)n(C(CNC(=O)C(=O)NC2CCCCC2)c2ccco2)n1. The summed E-state index contributed by atoms with van der Waals surface area (Å²) in [5, 5.41) is 10.0. The first-order valence-electron chi connectivity index (χ1n) is 9.19. The summed E-state index contributed by atoms with van der Waals surface area (Å²) in [6.07, 6.45) is 6.88. The third kappa shape index (κ3) is 4.33. The van der Waals surface area contributed by atoms with Crippen LogP contribution < -0.4 is 10.6 Å². The van der Waals surface area contributed by atoms with Gasteiger partial charge in [-0.3, -0.25) is 14.3 Å². The van der Waals surface area contributed by atoms with E-state index in [0.29, 0.717) is 5.76 Å². The van der Waals surface area contributed by atoms with E-state index in [-0.39, 0.29) is 18.6 Å². The lowest BCUT2D eigenvalue weighted by Gasteiger charge is -2.23. The van der Waals surface area contributed by atoms with Crippen LogP contribution in [0, 0.1) is 13.8 Å². The first-order chi connectivity index (χ1) is 12.5. The lowest BCUT2D eigenvalue weighted by atomic mass is 9.95. The molecule has 0 saturated heterocycles. The molecule has 0 aromatic carbocycles. The zero-order valence-electron chi connectivity index (χ0n) is 15.3. The lowest BCUT2D eigenvalue weighted by Crippen LogP contribution is -2.46. The second-order valence-corrected chi connectivity index (χ2v) is 6.92. The highest BCUT2D eigenvalue weighted by molar-refractivity contribution is 6.35. The number of amides is 2. The Kier molecular flexibility index (Phi) is 5.75. The molecule has 2 aromatic heterocycles. The van der Waals surface area contributed by atoms with Crippen LogP contribution in [0.4, 0.5) is 0 Å². The summed E-state index contributed by atoms with van der Waals surface area (Å²) in [4.78, 5) is 24.4. The molecule has 1 saturated carbocycles. The van der Waals surface area contributed by atoms with Crippen molar-refractivity contribution in [2.45, 2.75) is 58.0 Å². The number of hydrogen-bond donors (Lipinski definition) is 2. The molecule has 1 aliphatic carbocycles. The Morgan fingerprint density at radius 3 is 2.65 bits per heavy atom. The minimum absolute atomic E-state index is 0.110. The Labute approximate surface area is 153 Å². The van der Waals surface area contributed by atoms with Gasteiger partial charge in [0.2, 0.25) is 0 Å². The normalized spacial score (nSPS) is 16.2. The second kappa shape index (κ2) is 8.21. The molecule has 1 atom stereocenters. The molecule has 0 radical (unpaired) electrons. The Bertz CT molecular complexity index is 745. The number of carbonyl (C=O) groups excluding carboxylic acids is 2. The highest BCUT2D eigenvalue weighted by atomic mass is 16.3. The predicted octanol–water partition coefficient (Wildman–Crippen LogP) is 2.25. The van der Waals surface area contributed by atoms with E-state index in [1.807, 2.05) is 30.7 Å². The molecule has 1 unspecified atom stereocenters. The number of nitrogens with one attached hydrogen (secondary N) is 2. The summed E-state index contributed by atoms with van der Waals surface area (Å²) in [7, 11) is 0. The molecule has 7 heteroatoms. The van der Waals surface area contributed by atoms with Crippen LogP contribution in [0.15, 0.2) is 28.9 Å². The summed E-state index contributed by atoms with van der Waals surface area (Å²) in [5.41, 5.74) is 1.85. The van der Waals surface area contributed by atoms with Crippen molar-refractivity contribution in [2.24, 2.45) is 0 Å². The van der Waals surface area contributed by atoms with Gasteiger partial charge in [0.25, 0.3) is 0 Å². The van der Waals surface area contributed by atoms with Crippen LogP contribution in [-0.2, 0) is 9.59 Å². The average Bonchev–Trinajstić information content (AvgIpc) is 3.26. The van der Waals surface area contributed by atoms with Gasteiger partial charge in [-0.25, -0.2) is 0 Å². The summed E-state index contributed by atoms with van der Waals surface area (Å²) >= 11 is 0. The van der Waals surface area contributed by atoms with Gasteiger partial charge >= 0.3 is 11.8 Å². The molecule has 2 N–H and O–H groups in total. The van der Waals surface area contributed by atoms with Gasteiger partial charge in [-0.2, -0.15) is 5.10 Å². The molecule has 3 rings (SSSR count). The first-order valence-corrected chi connectivity index (χ1v) is 9.19. The Hall–Kier alpha value is -2.57. The van der Waals surface area contributed by atoms with E-state index >= 15 is 0 Å². The van der Waals surface area contributed by atoms with Gasteiger partial charge < -0.3 is 15.1 Å². The van der Waals surface area contributed by atoms with E-state index in [1.165, 1.54) is 6.42 Å². The minimum atomic E-state index is -0.617. The van der Waals surface area contributed by atoms with Crippen LogP contribution in [0.5, 0.6) is 0 Å². The minimum Gasteiger partial charge on any atom is -0.467 e. The summed E-state index contributed by atoms with van der Waals surface area (Å²) in [6, 6.07) is 5.41. The number of furan rings is 1. The van der Waals surface area contributed by atoms with Crippen LogP contribution in [0.3, 0.4) is 0 Å². The molecule has 0 bridgehead atoms. The molecule has 0 aliphatic heterocycles. The van der Waals surface area contributed by atoms with Crippen LogP contribution >= 0.6 is 0 Å². The van der Waals surface area contributed by atoms with E-state index in [2.05, 4.69) is 15.7 Å². The number of aromatic nitrogens is 2. The summed E-state index contributed by atoms with van der Waals surface area (Å²) in [5.74, 6) is -0.499. The van der Waals surface area contributed by atoms with Crippen molar-refractivity contribution in [2.75, 3.05) is 6.54 Å². The largest absolute Gasteiger partial charge is 0.467 e. The van der Waals surface area contributed by atoms with Gasteiger partial charge in [-0.05, 0) is 44.9 Å². The van der Waals surface area contributed by atoms with E-state index in [4.69, 9.17) is 4.42 Å². The molecule has 2 amide bonds. The highest BCUT2D eigenvalue weighted by Gasteiger charge is 2.24. The number of hydrogen-bond acceptors (Lipinski definition) is 4. The quantitative estimate of drug-likeness (QED) is 0.802. The van der Waals surface area contributed by atoms with Gasteiger partial charge in [0.15, 0.2) is 0 Å². The maximum atomic E-state index is 12.2. The maximum absolute atomic E-state index is 12.2. The van der Waals surface area contributed by atoms with Crippen molar-refractivity contribution in [3.63, 3.8) is 0 Å². The van der Waals surface area contributed by atoms with Crippen molar-refractivity contribution in [1.82, 2.24) is 20.4 Å². The average molecular weight is 358 g/mol.